The second-order valence-corrected chi connectivity index (χ2v) is 6.35. The van der Waals surface area contributed by atoms with Crippen molar-refractivity contribution in [2.75, 3.05) is 10.5 Å². The van der Waals surface area contributed by atoms with Crippen molar-refractivity contribution in [3.05, 3.63) is 28.2 Å². The zero-order valence-corrected chi connectivity index (χ0v) is 12.1. The largest absolute Gasteiger partial charge is 0.409 e. The third-order valence-electron chi connectivity index (χ3n) is 2.10. The van der Waals surface area contributed by atoms with Crippen LogP contribution in [0.3, 0.4) is 0 Å². The van der Waals surface area contributed by atoms with E-state index in [1.54, 1.807) is 25.1 Å². The molecule has 6 nitrogen and oxygen atoms in total. The highest BCUT2D eigenvalue weighted by Gasteiger charge is 2.14. The average molecular weight is 336 g/mol. The molecule has 0 atom stereocenters. The molecule has 0 spiro atoms. The first-order valence-corrected chi connectivity index (χ1v) is 7.62. The number of nitrogens with zero attached hydrogens (tertiary/aromatic N) is 1. The van der Waals surface area contributed by atoms with Crippen LogP contribution in [-0.4, -0.2) is 25.2 Å². The van der Waals surface area contributed by atoms with E-state index in [1.165, 1.54) is 0 Å². The molecule has 0 radical (unpaired) electrons. The molecular weight excluding hydrogens is 322 g/mol. The molecule has 0 aromatic heterocycles. The normalized spacial score (nSPS) is 12.4. The molecule has 4 N–H and O–H groups in total. The Labute approximate surface area is 114 Å². The summed E-state index contributed by atoms with van der Waals surface area (Å²) in [5, 5.41) is 11.5. The summed E-state index contributed by atoms with van der Waals surface area (Å²) in [5.41, 5.74) is 6.08. The van der Waals surface area contributed by atoms with Crippen LogP contribution in [0.2, 0.25) is 0 Å². The van der Waals surface area contributed by atoms with Gasteiger partial charge in [-0.1, -0.05) is 28.0 Å². The van der Waals surface area contributed by atoms with Gasteiger partial charge in [-0.25, -0.2) is 8.42 Å². The SMILES string of the molecule is CCCS(=O)(=O)Nc1cc(Br)ccc1/C(N)=N/O. The van der Waals surface area contributed by atoms with Gasteiger partial charge < -0.3 is 10.9 Å². The van der Waals surface area contributed by atoms with Crippen LogP contribution in [0.15, 0.2) is 27.8 Å². The minimum Gasteiger partial charge on any atom is -0.409 e. The minimum absolute atomic E-state index is 0.00905. The summed E-state index contributed by atoms with van der Waals surface area (Å²) in [7, 11) is -3.43. The number of anilines is 1. The molecule has 0 aliphatic heterocycles. The number of sulfonamides is 1. The number of benzene rings is 1. The standard InChI is InChI=1S/C10H14BrN3O3S/c1-2-5-18(16,17)14-9-6-7(11)3-4-8(9)10(12)13-15/h3-4,6,14-15H,2,5H2,1H3,(H2,12,13). The number of hydrogen-bond acceptors (Lipinski definition) is 4. The lowest BCUT2D eigenvalue weighted by molar-refractivity contribution is 0.318. The molecule has 0 fully saturated rings. The topological polar surface area (TPSA) is 105 Å². The van der Waals surface area contributed by atoms with E-state index in [4.69, 9.17) is 10.9 Å². The van der Waals surface area contributed by atoms with Gasteiger partial charge in [0.15, 0.2) is 5.84 Å². The first-order chi connectivity index (χ1) is 8.39. The van der Waals surface area contributed by atoms with Gasteiger partial charge in [-0.2, -0.15) is 0 Å². The Hall–Kier alpha value is -1.28. The van der Waals surface area contributed by atoms with Crippen LogP contribution in [0, 0.1) is 0 Å². The Morgan fingerprint density at radius 2 is 2.22 bits per heavy atom. The molecule has 100 valence electrons. The molecule has 0 aliphatic rings. The Kier molecular flexibility index (Phi) is 4.97. The van der Waals surface area contributed by atoms with E-state index < -0.39 is 10.0 Å². The van der Waals surface area contributed by atoms with Gasteiger partial charge in [-0.05, 0) is 24.6 Å². The predicted octanol–water partition coefficient (Wildman–Crippen LogP) is 1.70. The molecule has 0 bridgehead atoms. The first-order valence-electron chi connectivity index (χ1n) is 5.17. The number of amidine groups is 1. The van der Waals surface area contributed by atoms with Gasteiger partial charge in [0.1, 0.15) is 0 Å². The van der Waals surface area contributed by atoms with Crippen LogP contribution in [0.4, 0.5) is 5.69 Å². The van der Waals surface area contributed by atoms with E-state index in [-0.39, 0.29) is 17.3 Å². The molecule has 0 heterocycles. The van der Waals surface area contributed by atoms with Gasteiger partial charge in [0.2, 0.25) is 10.0 Å². The van der Waals surface area contributed by atoms with Crippen molar-refractivity contribution in [1.82, 2.24) is 0 Å². The van der Waals surface area contributed by atoms with E-state index >= 15 is 0 Å². The van der Waals surface area contributed by atoms with Crippen LogP contribution in [-0.2, 0) is 10.0 Å². The average Bonchev–Trinajstić information content (AvgIpc) is 2.27. The maximum Gasteiger partial charge on any atom is 0.232 e. The summed E-state index contributed by atoms with van der Waals surface area (Å²) >= 11 is 3.24. The van der Waals surface area contributed by atoms with Crippen molar-refractivity contribution < 1.29 is 13.6 Å². The molecule has 18 heavy (non-hydrogen) atoms. The van der Waals surface area contributed by atoms with E-state index in [0.717, 1.165) is 0 Å². The zero-order chi connectivity index (χ0) is 13.8. The third-order valence-corrected chi connectivity index (χ3v) is 4.07. The maximum absolute atomic E-state index is 11.7. The molecule has 0 amide bonds. The maximum atomic E-state index is 11.7. The number of halogens is 1. The van der Waals surface area contributed by atoms with Crippen LogP contribution < -0.4 is 10.5 Å². The molecule has 1 aromatic carbocycles. The molecule has 0 aliphatic carbocycles. The van der Waals surface area contributed by atoms with Gasteiger partial charge in [0.05, 0.1) is 11.4 Å². The molecule has 0 saturated heterocycles. The second kappa shape index (κ2) is 6.05. The number of hydrogen-bond donors (Lipinski definition) is 3. The Morgan fingerprint density at radius 3 is 2.78 bits per heavy atom. The summed E-state index contributed by atoms with van der Waals surface area (Å²) in [6.45, 7) is 1.77. The van der Waals surface area contributed by atoms with Crippen LogP contribution in [0.1, 0.15) is 18.9 Å². The highest BCUT2D eigenvalue weighted by Crippen LogP contribution is 2.22. The van der Waals surface area contributed by atoms with Crippen LogP contribution >= 0.6 is 15.9 Å². The fraction of sp³-hybridized carbons (Fsp3) is 0.300. The minimum atomic E-state index is -3.43. The van der Waals surface area contributed by atoms with Gasteiger partial charge in [0, 0.05) is 10.0 Å². The number of oxime groups is 1. The zero-order valence-electron chi connectivity index (χ0n) is 9.72. The quantitative estimate of drug-likeness (QED) is 0.329. The highest BCUT2D eigenvalue weighted by molar-refractivity contribution is 9.10. The molecular formula is C10H14BrN3O3S. The smallest absolute Gasteiger partial charge is 0.232 e. The highest BCUT2D eigenvalue weighted by atomic mass is 79.9. The number of rotatable bonds is 5. The lowest BCUT2D eigenvalue weighted by atomic mass is 10.2. The van der Waals surface area contributed by atoms with Crippen molar-refractivity contribution in [2.24, 2.45) is 10.9 Å². The summed E-state index contributed by atoms with van der Waals surface area (Å²) in [5.74, 6) is -0.147. The fourth-order valence-electron chi connectivity index (χ4n) is 1.37. The van der Waals surface area contributed by atoms with Gasteiger partial charge in [-0.15, -0.1) is 0 Å². The molecule has 1 aromatic rings. The first kappa shape index (κ1) is 14.8. The summed E-state index contributed by atoms with van der Waals surface area (Å²) < 4.78 is 26.5. The summed E-state index contributed by atoms with van der Waals surface area (Å²) in [6, 6.07) is 4.79. The molecule has 0 unspecified atom stereocenters. The van der Waals surface area contributed by atoms with E-state index in [1.807, 2.05) is 0 Å². The molecule has 1 rings (SSSR count). The molecule has 0 saturated carbocycles. The van der Waals surface area contributed by atoms with Gasteiger partial charge in [-0.3, -0.25) is 4.72 Å². The predicted molar refractivity (Wildman–Crippen MR) is 74.4 cm³/mol. The lowest BCUT2D eigenvalue weighted by Crippen LogP contribution is -2.21. The van der Waals surface area contributed by atoms with Crippen molar-refractivity contribution >= 4 is 37.5 Å². The van der Waals surface area contributed by atoms with Crippen molar-refractivity contribution in [1.29, 1.82) is 0 Å². The Bertz CT molecular complexity index is 557. The van der Waals surface area contributed by atoms with Crippen molar-refractivity contribution in [3.8, 4) is 0 Å². The fourth-order valence-corrected chi connectivity index (χ4v) is 2.87. The van der Waals surface area contributed by atoms with Crippen LogP contribution in [0.5, 0.6) is 0 Å². The van der Waals surface area contributed by atoms with Gasteiger partial charge >= 0.3 is 0 Å². The van der Waals surface area contributed by atoms with E-state index in [9.17, 15) is 8.42 Å². The Balaban J connectivity index is 3.19. The summed E-state index contributed by atoms with van der Waals surface area (Å²) in [4.78, 5) is 0. The van der Waals surface area contributed by atoms with E-state index in [2.05, 4.69) is 25.8 Å². The van der Waals surface area contributed by atoms with Crippen molar-refractivity contribution in [2.45, 2.75) is 13.3 Å². The monoisotopic (exact) mass is 335 g/mol. The van der Waals surface area contributed by atoms with E-state index in [0.29, 0.717) is 16.5 Å². The lowest BCUT2D eigenvalue weighted by Gasteiger charge is -2.11. The Morgan fingerprint density at radius 1 is 1.56 bits per heavy atom. The van der Waals surface area contributed by atoms with Gasteiger partial charge in [0.25, 0.3) is 0 Å². The number of nitrogens with one attached hydrogen (secondary N) is 1. The molecule has 8 heteroatoms. The summed E-state index contributed by atoms with van der Waals surface area (Å²) in [6.07, 6.45) is 0.502. The second-order valence-electron chi connectivity index (χ2n) is 3.60. The third kappa shape index (κ3) is 3.88. The number of nitrogens with two attached hydrogens (primary N) is 1. The van der Waals surface area contributed by atoms with Crippen LogP contribution in [0.25, 0.3) is 0 Å². The van der Waals surface area contributed by atoms with Crippen molar-refractivity contribution in [3.63, 3.8) is 0 Å².